The highest BCUT2D eigenvalue weighted by molar-refractivity contribution is 7.87. The summed E-state index contributed by atoms with van der Waals surface area (Å²) in [5.41, 5.74) is 0. The molecule has 2 aliphatic rings. The van der Waals surface area contributed by atoms with E-state index in [9.17, 15) is 8.42 Å². The van der Waals surface area contributed by atoms with Gasteiger partial charge in [-0.2, -0.15) is 12.7 Å². The summed E-state index contributed by atoms with van der Waals surface area (Å²) in [5, 5.41) is 3.32. The van der Waals surface area contributed by atoms with Crippen LogP contribution in [0.4, 0.5) is 0 Å². The van der Waals surface area contributed by atoms with Crippen molar-refractivity contribution in [3.63, 3.8) is 0 Å². The van der Waals surface area contributed by atoms with E-state index >= 15 is 0 Å². The fourth-order valence-electron chi connectivity index (χ4n) is 2.30. The summed E-state index contributed by atoms with van der Waals surface area (Å²) < 4.78 is 27.9. The topological polar surface area (TPSA) is 61.4 Å². The Morgan fingerprint density at radius 3 is 2.47 bits per heavy atom. The molecule has 100 valence electrons. The summed E-state index contributed by atoms with van der Waals surface area (Å²) in [5.74, 6) is 0.671. The maximum absolute atomic E-state index is 11.9. The van der Waals surface area contributed by atoms with Crippen molar-refractivity contribution in [3.05, 3.63) is 0 Å². The molecule has 0 atom stereocenters. The summed E-state index contributed by atoms with van der Waals surface area (Å²) in [7, 11) is -1.56. The van der Waals surface area contributed by atoms with E-state index in [1.54, 1.807) is 7.05 Å². The minimum atomic E-state index is -3.23. The van der Waals surface area contributed by atoms with Crippen LogP contribution in [0.3, 0.4) is 0 Å². The van der Waals surface area contributed by atoms with Crippen LogP contribution in [-0.4, -0.2) is 45.4 Å². The monoisotopic (exact) mass is 261 g/mol. The van der Waals surface area contributed by atoms with Crippen molar-refractivity contribution < 1.29 is 8.42 Å². The lowest BCUT2D eigenvalue weighted by molar-refractivity contribution is 0.352. The van der Waals surface area contributed by atoms with Crippen LogP contribution in [0.25, 0.3) is 0 Å². The summed E-state index contributed by atoms with van der Waals surface area (Å²) in [6, 6.07) is 0.242. The van der Waals surface area contributed by atoms with Crippen molar-refractivity contribution in [2.45, 2.75) is 38.1 Å². The number of nitrogens with one attached hydrogen (secondary N) is 2. The highest BCUT2D eigenvalue weighted by Crippen LogP contribution is 2.27. The van der Waals surface area contributed by atoms with Crippen molar-refractivity contribution in [3.8, 4) is 0 Å². The first-order valence-corrected chi connectivity index (χ1v) is 7.97. The van der Waals surface area contributed by atoms with Crippen molar-refractivity contribution in [2.75, 3.05) is 26.7 Å². The Balaban J connectivity index is 1.69. The molecule has 0 spiro atoms. The lowest BCUT2D eigenvalue weighted by atomic mass is 9.95. The lowest BCUT2D eigenvalue weighted by Crippen LogP contribution is -2.40. The van der Waals surface area contributed by atoms with Crippen molar-refractivity contribution in [1.29, 1.82) is 0 Å². The minimum Gasteiger partial charge on any atom is -0.317 e. The van der Waals surface area contributed by atoms with Crippen LogP contribution in [-0.2, 0) is 10.2 Å². The van der Waals surface area contributed by atoms with Crippen LogP contribution in [0.5, 0.6) is 0 Å². The lowest BCUT2D eigenvalue weighted by Gasteiger charge is -2.23. The molecule has 1 aliphatic carbocycles. The minimum absolute atomic E-state index is 0.242. The molecular weight excluding hydrogens is 238 g/mol. The van der Waals surface area contributed by atoms with Crippen LogP contribution in [0.2, 0.25) is 0 Å². The number of hydrogen-bond acceptors (Lipinski definition) is 3. The largest absolute Gasteiger partial charge is 0.317 e. The van der Waals surface area contributed by atoms with Gasteiger partial charge in [0.15, 0.2) is 0 Å². The molecule has 2 rings (SSSR count). The van der Waals surface area contributed by atoms with Gasteiger partial charge in [-0.05, 0) is 51.1 Å². The first-order chi connectivity index (χ1) is 8.09. The molecule has 6 heteroatoms. The Labute approximate surface area is 104 Å². The zero-order valence-corrected chi connectivity index (χ0v) is 11.3. The molecule has 0 aromatic heterocycles. The SMILES string of the molecule is CN(C1CC1)S(=O)(=O)NCCC1CCNCC1. The summed E-state index contributed by atoms with van der Waals surface area (Å²) in [4.78, 5) is 0. The predicted molar refractivity (Wildman–Crippen MR) is 67.9 cm³/mol. The fourth-order valence-corrected chi connectivity index (χ4v) is 3.48. The number of nitrogens with zero attached hydrogens (tertiary/aromatic N) is 1. The van der Waals surface area contributed by atoms with Gasteiger partial charge in [0.2, 0.25) is 0 Å². The highest BCUT2D eigenvalue weighted by Gasteiger charge is 2.33. The molecule has 1 saturated carbocycles. The van der Waals surface area contributed by atoms with Crippen LogP contribution < -0.4 is 10.0 Å². The van der Waals surface area contributed by atoms with Crippen LogP contribution in [0, 0.1) is 5.92 Å². The van der Waals surface area contributed by atoms with E-state index in [4.69, 9.17) is 0 Å². The molecule has 2 N–H and O–H groups in total. The summed E-state index contributed by atoms with van der Waals surface area (Å²) in [6.45, 7) is 2.71. The average molecular weight is 261 g/mol. The number of rotatable bonds is 6. The van der Waals surface area contributed by atoms with Crippen molar-refractivity contribution in [1.82, 2.24) is 14.3 Å². The molecule has 1 saturated heterocycles. The van der Waals surface area contributed by atoms with Gasteiger partial charge in [-0.25, -0.2) is 4.72 Å². The first kappa shape index (κ1) is 13.3. The molecule has 5 nitrogen and oxygen atoms in total. The first-order valence-electron chi connectivity index (χ1n) is 6.53. The third-order valence-electron chi connectivity index (χ3n) is 3.74. The van der Waals surface area contributed by atoms with Gasteiger partial charge in [0, 0.05) is 19.6 Å². The van der Waals surface area contributed by atoms with E-state index in [2.05, 4.69) is 10.0 Å². The third-order valence-corrected chi connectivity index (χ3v) is 5.36. The Hall–Kier alpha value is -0.170. The number of hydrogen-bond donors (Lipinski definition) is 2. The Morgan fingerprint density at radius 1 is 1.24 bits per heavy atom. The average Bonchev–Trinajstić information content (AvgIpc) is 3.13. The zero-order chi connectivity index (χ0) is 12.3. The zero-order valence-electron chi connectivity index (χ0n) is 10.5. The van der Waals surface area contributed by atoms with Gasteiger partial charge >= 0.3 is 0 Å². The Kier molecular flexibility index (Phi) is 4.41. The van der Waals surface area contributed by atoms with E-state index in [1.807, 2.05) is 0 Å². The molecule has 0 bridgehead atoms. The smallest absolute Gasteiger partial charge is 0.279 e. The van der Waals surface area contributed by atoms with Gasteiger partial charge in [-0.3, -0.25) is 0 Å². The normalized spacial score (nSPS) is 23.2. The fraction of sp³-hybridized carbons (Fsp3) is 1.00. The maximum Gasteiger partial charge on any atom is 0.279 e. The molecule has 0 aromatic carbocycles. The van der Waals surface area contributed by atoms with Gasteiger partial charge in [0.05, 0.1) is 0 Å². The Morgan fingerprint density at radius 2 is 1.88 bits per heavy atom. The maximum atomic E-state index is 11.9. The van der Waals surface area contributed by atoms with Gasteiger partial charge in [-0.15, -0.1) is 0 Å². The molecule has 0 aromatic rings. The molecule has 0 amide bonds. The molecule has 17 heavy (non-hydrogen) atoms. The van der Waals surface area contributed by atoms with Gasteiger partial charge in [-0.1, -0.05) is 0 Å². The number of piperidine rings is 1. The molecule has 1 aliphatic heterocycles. The second-order valence-electron chi connectivity index (χ2n) is 5.13. The van der Waals surface area contributed by atoms with Gasteiger partial charge in [0.1, 0.15) is 0 Å². The second kappa shape index (κ2) is 5.65. The van der Waals surface area contributed by atoms with E-state index in [0.717, 1.165) is 32.4 Å². The van der Waals surface area contributed by atoms with Crippen LogP contribution in [0.15, 0.2) is 0 Å². The van der Waals surface area contributed by atoms with E-state index in [1.165, 1.54) is 17.1 Å². The molecule has 2 fully saturated rings. The Bertz CT molecular complexity index is 335. The van der Waals surface area contributed by atoms with Crippen molar-refractivity contribution >= 4 is 10.2 Å². The predicted octanol–water partition coefficient (Wildman–Crippen LogP) is 0.305. The van der Waals surface area contributed by atoms with E-state index < -0.39 is 10.2 Å². The quantitative estimate of drug-likeness (QED) is 0.723. The van der Waals surface area contributed by atoms with Gasteiger partial charge in [0.25, 0.3) is 10.2 Å². The molecule has 0 radical (unpaired) electrons. The summed E-state index contributed by atoms with van der Waals surface area (Å²) >= 11 is 0. The molecule has 1 heterocycles. The third kappa shape index (κ3) is 3.91. The van der Waals surface area contributed by atoms with Crippen LogP contribution in [0.1, 0.15) is 32.1 Å². The summed E-state index contributed by atoms with van der Waals surface area (Å²) in [6.07, 6.45) is 5.30. The van der Waals surface area contributed by atoms with E-state index in [-0.39, 0.29) is 6.04 Å². The molecular formula is C11H23N3O2S. The highest BCUT2D eigenvalue weighted by atomic mass is 32.2. The van der Waals surface area contributed by atoms with Crippen LogP contribution >= 0.6 is 0 Å². The second-order valence-corrected chi connectivity index (χ2v) is 6.94. The van der Waals surface area contributed by atoms with Gasteiger partial charge < -0.3 is 5.32 Å². The molecule has 0 unspecified atom stereocenters. The van der Waals surface area contributed by atoms with E-state index in [0.29, 0.717) is 12.5 Å². The standard InChI is InChI=1S/C11H23N3O2S/c1-14(11-2-3-11)17(15,16)13-9-6-10-4-7-12-8-5-10/h10-13H,2-9H2,1H3. The van der Waals surface area contributed by atoms with Crippen molar-refractivity contribution in [2.24, 2.45) is 5.92 Å².